The molecule has 1 aromatic carbocycles. The summed E-state index contributed by atoms with van der Waals surface area (Å²) >= 11 is 1.44. The van der Waals surface area contributed by atoms with Crippen LogP contribution in [0.5, 0.6) is 0 Å². The molecule has 0 saturated heterocycles. The number of aryl methyl sites for hydroxylation is 2. The van der Waals surface area contributed by atoms with Gasteiger partial charge in [-0.25, -0.2) is 19.6 Å². The Balaban J connectivity index is 1.86. The number of ether oxygens (including phenoxy) is 2. The van der Waals surface area contributed by atoms with Crippen LogP contribution < -0.4 is 16.4 Å². The Bertz CT molecular complexity index is 1100. The number of rotatable bonds is 10. The van der Waals surface area contributed by atoms with Crippen molar-refractivity contribution in [3.63, 3.8) is 0 Å². The Morgan fingerprint density at radius 3 is 2.42 bits per heavy atom. The molecular formula is C25H35N5O5S. The average Bonchev–Trinajstić information content (AvgIpc) is 2.77. The molecule has 0 aliphatic rings. The number of nitrogens with one attached hydrogen (secondary N) is 2. The maximum atomic E-state index is 12.1. The van der Waals surface area contributed by atoms with E-state index in [-0.39, 0.29) is 11.9 Å². The fraction of sp³-hybridized carbons (Fsp3) is 0.480. The van der Waals surface area contributed by atoms with E-state index < -0.39 is 17.7 Å². The van der Waals surface area contributed by atoms with Gasteiger partial charge in [0.05, 0.1) is 18.4 Å². The van der Waals surface area contributed by atoms with Crippen molar-refractivity contribution in [3.8, 4) is 11.3 Å². The number of nitrogen functional groups attached to an aromatic ring is 1. The molecule has 11 heteroatoms. The SMILES string of the molecule is COC(=O)c1cc(-c2cc(SCCNC(=O)CCCNC(=O)OC(C)(C)C)nc(N)n2)c(C)cc1C. The topological polar surface area (TPSA) is 146 Å². The fourth-order valence-electron chi connectivity index (χ4n) is 3.30. The van der Waals surface area contributed by atoms with Crippen LogP contribution in [0.15, 0.2) is 23.2 Å². The molecule has 0 atom stereocenters. The third-order valence-electron chi connectivity index (χ3n) is 4.90. The number of nitrogens with two attached hydrogens (primary N) is 1. The van der Waals surface area contributed by atoms with E-state index in [0.29, 0.717) is 48.0 Å². The molecule has 10 nitrogen and oxygen atoms in total. The molecule has 4 N–H and O–H groups in total. The van der Waals surface area contributed by atoms with Gasteiger partial charge in [-0.1, -0.05) is 6.07 Å². The minimum atomic E-state index is -0.556. The van der Waals surface area contributed by atoms with Crippen LogP contribution in [-0.2, 0) is 14.3 Å². The van der Waals surface area contributed by atoms with Gasteiger partial charge in [-0.05, 0) is 64.3 Å². The first-order valence-electron chi connectivity index (χ1n) is 11.6. The highest BCUT2D eigenvalue weighted by atomic mass is 32.2. The number of carbonyl (C=O) groups excluding carboxylic acids is 3. The minimum absolute atomic E-state index is 0.102. The van der Waals surface area contributed by atoms with Crippen molar-refractivity contribution in [1.82, 2.24) is 20.6 Å². The zero-order valence-electron chi connectivity index (χ0n) is 21.7. The fourth-order valence-corrected chi connectivity index (χ4v) is 4.07. The highest BCUT2D eigenvalue weighted by molar-refractivity contribution is 7.99. The van der Waals surface area contributed by atoms with Crippen LogP contribution in [0.1, 0.15) is 55.1 Å². The van der Waals surface area contributed by atoms with Crippen LogP contribution in [0.3, 0.4) is 0 Å². The normalized spacial score (nSPS) is 11.1. The molecule has 36 heavy (non-hydrogen) atoms. The summed E-state index contributed by atoms with van der Waals surface area (Å²) in [5.74, 6) is 0.186. The summed E-state index contributed by atoms with van der Waals surface area (Å²) in [4.78, 5) is 44.4. The van der Waals surface area contributed by atoms with E-state index >= 15 is 0 Å². The standard InChI is InChI=1S/C25H35N5O5S/c1-15-12-16(2)18(22(32)34-6)13-17(15)19-14-21(30-23(26)29-19)36-11-10-27-20(31)8-7-9-28-24(33)35-25(3,4)5/h12-14H,7-11H2,1-6H3,(H,27,31)(H,28,33)(H2,26,29,30). The van der Waals surface area contributed by atoms with Crippen molar-refractivity contribution in [3.05, 3.63) is 34.9 Å². The van der Waals surface area contributed by atoms with Gasteiger partial charge in [0.2, 0.25) is 11.9 Å². The largest absolute Gasteiger partial charge is 0.465 e. The summed E-state index contributed by atoms with van der Waals surface area (Å²) in [5, 5.41) is 6.14. The van der Waals surface area contributed by atoms with Crippen molar-refractivity contribution in [2.45, 2.75) is 58.1 Å². The van der Waals surface area contributed by atoms with Crippen LogP contribution in [0.4, 0.5) is 10.7 Å². The van der Waals surface area contributed by atoms with Crippen molar-refractivity contribution in [1.29, 1.82) is 0 Å². The first-order chi connectivity index (χ1) is 16.9. The molecule has 2 aromatic rings. The molecule has 196 valence electrons. The van der Waals surface area contributed by atoms with E-state index in [2.05, 4.69) is 20.6 Å². The predicted molar refractivity (Wildman–Crippen MR) is 140 cm³/mol. The van der Waals surface area contributed by atoms with Crippen LogP contribution in [-0.4, -0.2) is 59.5 Å². The quantitative estimate of drug-likeness (QED) is 0.186. The number of alkyl carbamates (subject to hydrolysis) is 1. The van der Waals surface area contributed by atoms with Gasteiger partial charge in [-0.3, -0.25) is 4.79 Å². The van der Waals surface area contributed by atoms with Gasteiger partial charge >= 0.3 is 12.1 Å². The van der Waals surface area contributed by atoms with Crippen molar-refractivity contribution in [2.24, 2.45) is 0 Å². The first kappa shape index (κ1) is 28.9. The molecule has 0 bridgehead atoms. The molecule has 2 amide bonds. The zero-order chi connectivity index (χ0) is 26.9. The predicted octanol–water partition coefficient (Wildman–Crippen LogP) is 3.64. The lowest BCUT2D eigenvalue weighted by molar-refractivity contribution is -0.121. The maximum absolute atomic E-state index is 12.1. The number of hydrogen-bond donors (Lipinski definition) is 3. The first-order valence-corrected chi connectivity index (χ1v) is 12.6. The molecule has 1 heterocycles. The van der Waals surface area contributed by atoms with Gasteiger partial charge in [-0.15, -0.1) is 11.8 Å². The van der Waals surface area contributed by atoms with Gasteiger partial charge < -0.3 is 25.8 Å². The van der Waals surface area contributed by atoms with Gasteiger partial charge in [0.15, 0.2) is 0 Å². The second kappa shape index (κ2) is 13.1. The summed E-state index contributed by atoms with van der Waals surface area (Å²) < 4.78 is 10.0. The average molecular weight is 518 g/mol. The molecule has 1 aromatic heterocycles. The van der Waals surface area contributed by atoms with E-state index in [0.717, 1.165) is 16.7 Å². The number of hydrogen-bond acceptors (Lipinski definition) is 9. The van der Waals surface area contributed by atoms with Gasteiger partial charge in [0.1, 0.15) is 10.6 Å². The van der Waals surface area contributed by atoms with Crippen molar-refractivity contribution in [2.75, 3.05) is 31.7 Å². The van der Waals surface area contributed by atoms with E-state index in [1.54, 1.807) is 26.8 Å². The highest BCUT2D eigenvalue weighted by Gasteiger charge is 2.16. The molecule has 2 rings (SSSR count). The van der Waals surface area contributed by atoms with Crippen LogP contribution >= 0.6 is 11.8 Å². The molecule has 0 aliphatic carbocycles. The van der Waals surface area contributed by atoms with E-state index in [9.17, 15) is 14.4 Å². The summed E-state index contributed by atoms with van der Waals surface area (Å²) in [6.45, 7) is 9.96. The zero-order valence-corrected chi connectivity index (χ0v) is 22.5. The van der Waals surface area contributed by atoms with Crippen LogP contribution in [0.2, 0.25) is 0 Å². The minimum Gasteiger partial charge on any atom is -0.465 e. The molecule has 0 aliphatic heterocycles. The number of esters is 1. The molecule has 0 spiro atoms. The molecule has 0 fully saturated rings. The highest BCUT2D eigenvalue weighted by Crippen LogP contribution is 2.29. The summed E-state index contributed by atoms with van der Waals surface area (Å²) in [7, 11) is 1.35. The van der Waals surface area contributed by atoms with E-state index in [4.69, 9.17) is 15.2 Å². The lowest BCUT2D eigenvalue weighted by Gasteiger charge is -2.19. The number of anilines is 1. The lowest BCUT2D eigenvalue weighted by atomic mass is 9.98. The van der Waals surface area contributed by atoms with Crippen LogP contribution in [0, 0.1) is 13.8 Å². The summed E-state index contributed by atoms with van der Waals surface area (Å²) in [6.07, 6.45) is 0.304. The number of methoxy groups -OCH3 is 1. The number of aromatic nitrogens is 2. The lowest BCUT2D eigenvalue weighted by Crippen LogP contribution is -2.33. The van der Waals surface area contributed by atoms with E-state index in [1.165, 1.54) is 18.9 Å². The number of thioether (sulfide) groups is 1. The van der Waals surface area contributed by atoms with Crippen molar-refractivity contribution < 1.29 is 23.9 Å². The van der Waals surface area contributed by atoms with E-state index in [1.807, 2.05) is 26.0 Å². The number of benzene rings is 1. The third-order valence-corrected chi connectivity index (χ3v) is 5.81. The van der Waals surface area contributed by atoms with Gasteiger partial charge in [0, 0.05) is 30.8 Å². The number of nitrogens with zero attached hydrogens (tertiary/aromatic N) is 2. The maximum Gasteiger partial charge on any atom is 0.407 e. The summed E-state index contributed by atoms with van der Waals surface area (Å²) in [6, 6.07) is 5.47. The monoisotopic (exact) mass is 517 g/mol. The van der Waals surface area contributed by atoms with Gasteiger partial charge in [-0.2, -0.15) is 0 Å². The summed E-state index contributed by atoms with van der Waals surface area (Å²) in [5.41, 5.74) is 8.99. The molecular weight excluding hydrogens is 482 g/mol. The van der Waals surface area contributed by atoms with Crippen LogP contribution in [0.25, 0.3) is 11.3 Å². The molecule has 0 saturated carbocycles. The second-order valence-electron chi connectivity index (χ2n) is 9.15. The Labute approximate surface area is 216 Å². The number of amides is 2. The third kappa shape index (κ3) is 9.37. The molecule has 0 unspecified atom stereocenters. The Kier molecular flexibility index (Phi) is 10.5. The Hall–Kier alpha value is -3.34. The Morgan fingerprint density at radius 2 is 1.75 bits per heavy atom. The molecule has 0 radical (unpaired) electrons. The van der Waals surface area contributed by atoms with Gasteiger partial charge in [0.25, 0.3) is 0 Å². The number of carbonyl (C=O) groups is 3. The van der Waals surface area contributed by atoms with Crippen molar-refractivity contribution >= 4 is 35.7 Å². The smallest absolute Gasteiger partial charge is 0.407 e. The Morgan fingerprint density at radius 1 is 1.03 bits per heavy atom. The second-order valence-corrected chi connectivity index (χ2v) is 10.3.